The molecule has 5 rings (SSSR count). The van der Waals surface area contributed by atoms with E-state index in [9.17, 15) is 4.79 Å². The maximum Gasteiger partial charge on any atom is 0.317 e. The van der Waals surface area contributed by atoms with E-state index < -0.39 is 0 Å². The number of rotatable bonds is 2. The van der Waals surface area contributed by atoms with Crippen LogP contribution in [0.5, 0.6) is 0 Å². The molecule has 3 aliphatic rings. The van der Waals surface area contributed by atoms with E-state index in [2.05, 4.69) is 37.1 Å². The highest BCUT2D eigenvalue weighted by molar-refractivity contribution is 5.74. The summed E-state index contributed by atoms with van der Waals surface area (Å²) in [5.74, 6) is 0.175. The first-order valence-electron chi connectivity index (χ1n) is 9.85. The third kappa shape index (κ3) is 2.65. The van der Waals surface area contributed by atoms with Gasteiger partial charge in [0.15, 0.2) is 5.49 Å². The van der Waals surface area contributed by atoms with Crippen LogP contribution < -0.4 is 16.2 Å². The molecule has 1 spiro atoms. The van der Waals surface area contributed by atoms with E-state index in [1.807, 2.05) is 11.8 Å². The Morgan fingerprint density at radius 3 is 3.22 bits per heavy atom. The van der Waals surface area contributed by atoms with Crippen LogP contribution in [0.25, 0.3) is 6.08 Å². The van der Waals surface area contributed by atoms with E-state index in [1.165, 1.54) is 5.69 Å². The Bertz CT molecular complexity index is 990. The van der Waals surface area contributed by atoms with Crippen LogP contribution in [0.4, 0.5) is 4.79 Å². The number of aromatic amines is 1. The Morgan fingerprint density at radius 2 is 2.33 bits per heavy atom. The molecule has 0 aromatic carbocycles. The Kier molecular flexibility index (Phi) is 3.80. The highest BCUT2D eigenvalue weighted by atomic mass is 16.2. The summed E-state index contributed by atoms with van der Waals surface area (Å²) in [4.78, 5) is 26.2. The number of urea groups is 1. The molecule has 2 atom stereocenters. The van der Waals surface area contributed by atoms with Crippen molar-refractivity contribution in [2.75, 3.05) is 26.2 Å². The summed E-state index contributed by atoms with van der Waals surface area (Å²) in [5, 5.41) is 8.85. The van der Waals surface area contributed by atoms with Gasteiger partial charge in [-0.25, -0.2) is 9.78 Å². The lowest BCUT2D eigenvalue weighted by Gasteiger charge is -2.34. The van der Waals surface area contributed by atoms with Crippen molar-refractivity contribution in [3.63, 3.8) is 0 Å². The van der Waals surface area contributed by atoms with E-state index in [0.717, 1.165) is 55.4 Å². The number of aromatic nitrogens is 4. The first kappa shape index (κ1) is 16.5. The maximum atomic E-state index is 12.3. The van der Waals surface area contributed by atoms with E-state index in [4.69, 9.17) is 5.10 Å². The Hall–Kier alpha value is -2.64. The number of fused-ring (bicyclic) bond motifs is 3. The van der Waals surface area contributed by atoms with Crippen molar-refractivity contribution in [2.45, 2.75) is 44.1 Å². The minimum Gasteiger partial charge on any atom is -0.343 e. The molecule has 2 amide bonds. The summed E-state index contributed by atoms with van der Waals surface area (Å²) < 4.78 is 2.18. The average Bonchev–Trinajstić information content (AvgIpc) is 3.40. The van der Waals surface area contributed by atoms with Crippen LogP contribution in [-0.2, 0) is 12.0 Å². The Labute approximate surface area is 157 Å². The van der Waals surface area contributed by atoms with Crippen LogP contribution in [0.15, 0.2) is 17.4 Å². The van der Waals surface area contributed by atoms with Crippen molar-refractivity contribution >= 4 is 12.1 Å². The van der Waals surface area contributed by atoms with Crippen molar-refractivity contribution in [3.8, 4) is 0 Å². The molecular weight excluding hydrogens is 342 g/mol. The number of carbonyl (C=O) groups excluding carboxylic acids is 1. The van der Waals surface area contributed by atoms with Gasteiger partial charge in [-0.1, -0.05) is 0 Å². The summed E-state index contributed by atoms with van der Waals surface area (Å²) in [6, 6.07) is 2.32. The fourth-order valence-corrected chi connectivity index (χ4v) is 4.80. The Balaban J connectivity index is 1.45. The molecular formula is C19H25N7O. The van der Waals surface area contributed by atoms with Crippen molar-refractivity contribution in [1.29, 1.82) is 0 Å². The van der Waals surface area contributed by atoms with Gasteiger partial charge in [-0.15, -0.1) is 0 Å². The van der Waals surface area contributed by atoms with E-state index >= 15 is 0 Å². The number of H-pyrrole nitrogens is 1. The largest absolute Gasteiger partial charge is 0.343 e. The van der Waals surface area contributed by atoms with Gasteiger partial charge < -0.3 is 15.2 Å². The van der Waals surface area contributed by atoms with E-state index in [0.29, 0.717) is 13.1 Å². The van der Waals surface area contributed by atoms with Crippen LogP contribution in [0, 0.1) is 0 Å². The second-order valence-corrected chi connectivity index (χ2v) is 7.82. The normalized spacial score (nSPS) is 26.3. The fraction of sp³-hybridized carbons (Fsp3) is 0.579. The van der Waals surface area contributed by atoms with Gasteiger partial charge in [0, 0.05) is 43.2 Å². The number of amides is 2. The zero-order valence-electron chi connectivity index (χ0n) is 15.6. The number of nitrogens with zero attached hydrogens (tertiary/aromatic N) is 5. The summed E-state index contributed by atoms with van der Waals surface area (Å²) >= 11 is 0. The van der Waals surface area contributed by atoms with Crippen LogP contribution in [0.3, 0.4) is 0 Å². The molecule has 0 bridgehead atoms. The van der Waals surface area contributed by atoms with Crippen molar-refractivity contribution in [3.05, 3.63) is 34.6 Å². The van der Waals surface area contributed by atoms with Crippen molar-refractivity contribution in [2.24, 2.45) is 4.99 Å². The number of likely N-dealkylation sites (tertiary alicyclic amines) is 1. The van der Waals surface area contributed by atoms with Gasteiger partial charge in [-0.3, -0.25) is 9.67 Å². The Morgan fingerprint density at radius 1 is 1.41 bits per heavy atom. The van der Waals surface area contributed by atoms with Gasteiger partial charge in [-0.05, 0) is 38.3 Å². The first-order valence-corrected chi connectivity index (χ1v) is 9.85. The highest BCUT2D eigenvalue weighted by Crippen LogP contribution is 2.42. The van der Waals surface area contributed by atoms with Crippen LogP contribution >= 0.6 is 0 Å². The minimum atomic E-state index is 0.0412. The van der Waals surface area contributed by atoms with Gasteiger partial charge >= 0.3 is 6.03 Å². The molecule has 0 aliphatic carbocycles. The molecule has 8 nitrogen and oxygen atoms in total. The molecule has 0 radical (unpaired) electrons. The fourth-order valence-electron chi connectivity index (χ4n) is 4.80. The zero-order valence-corrected chi connectivity index (χ0v) is 15.6. The minimum absolute atomic E-state index is 0.0412. The molecule has 1 saturated heterocycles. The van der Waals surface area contributed by atoms with Crippen molar-refractivity contribution < 1.29 is 4.79 Å². The van der Waals surface area contributed by atoms with Gasteiger partial charge in [0.2, 0.25) is 0 Å². The van der Waals surface area contributed by atoms with E-state index in [-0.39, 0.29) is 17.4 Å². The number of carbonyl (C=O) groups is 1. The lowest BCUT2D eigenvalue weighted by atomic mass is 9.77. The molecule has 1 fully saturated rings. The predicted octanol–water partition coefficient (Wildman–Crippen LogP) is 0.271. The van der Waals surface area contributed by atoms with Crippen LogP contribution in [0.2, 0.25) is 0 Å². The van der Waals surface area contributed by atoms with Gasteiger partial charge in [0.25, 0.3) is 0 Å². The molecule has 2 aromatic heterocycles. The number of hydrogen-bond donors (Lipinski definition) is 2. The average molecular weight is 367 g/mol. The molecule has 5 heterocycles. The monoisotopic (exact) mass is 367 g/mol. The van der Waals surface area contributed by atoms with Gasteiger partial charge in [0.1, 0.15) is 0 Å². The van der Waals surface area contributed by atoms with Crippen molar-refractivity contribution in [1.82, 2.24) is 30.0 Å². The first-order chi connectivity index (χ1) is 13.2. The molecule has 0 saturated carbocycles. The molecule has 27 heavy (non-hydrogen) atoms. The predicted molar refractivity (Wildman–Crippen MR) is 99.8 cm³/mol. The van der Waals surface area contributed by atoms with E-state index in [1.54, 1.807) is 6.33 Å². The quantitative estimate of drug-likeness (QED) is 0.798. The highest BCUT2D eigenvalue weighted by Gasteiger charge is 2.45. The van der Waals surface area contributed by atoms with Gasteiger partial charge in [-0.2, -0.15) is 5.10 Å². The molecule has 3 aliphatic heterocycles. The van der Waals surface area contributed by atoms with Crippen LogP contribution in [-0.4, -0.2) is 56.9 Å². The SMILES string of the molecule is CCNC(=O)N1CCC2(CCCn3nc(C4C=c5[nH]cnc5=NC4)cc32)C1. The van der Waals surface area contributed by atoms with Gasteiger partial charge in [0.05, 0.1) is 23.9 Å². The summed E-state index contributed by atoms with van der Waals surface area (Å²) in [6.45, 7) is 5.87. The number of hydrogen-bond acceptors (Lipinski definition) is 4. The third-order valence-electron chi connectivity index (χ3n) is 6.17. The molecule has 2 aromatic rings. The topological polar surface area (TPSA) is 91.2 Å². The summed E-state index contributed by atoms with van der Waals surface area (Å²) in [6.07, 6.45) is 7.12. The molecule has 2 N–H and O–H groups in total. The number of nitrogens with one attached hydrogen (secondary N) is 2. The maximum absolute atomic E-state index is 12.3. The summed E-state index contributed by atoms with van der Waals surface area (Å²) in [7, 11) is 0. The third-order valence-corrected chi connectivity index (χ3v) is 6.17. The number of aryl methyl sites for hydroxylation is 1. The summed E-state index contributed by atoms with van der Waals surface area (Å²) in [5.41, 5.74) is 3.20. The molecule has 2 unspecified atom stereocenters. The second-order valence-electron chi connectivity index (χ2n) is 7.82. The zero-order chi connectivity index (χ0) is 18.4. The lowest BCUT2D eigenvalue weighted by Crippen LogP contribution is -2.42. The molecule has 142 valence electrons. The lowest BCUT2D eigenvalue weighted by molar-refractivity contribution is 0.203. The smallest absolute Gasteiger partial charge is 0.317 e. The number of imidazole rings is 1. The van der Waals surface area contributed by atoms with Crippen LogP contribution in [0.1, 0.15) is 43.5 Å². The standard InChI is InChI=1S/C19H25N7O/c1-2-20-18(27)25-7-5-19(11-25)4-3-6-26-16(19)9-14(24-26)13-8-15-17(21-10-13)23-12-22-15/h8-9,12-13H,2-7,10-11H2,1H3,(H,20,27)(H,21,22,23). The second kappa shape index (κ2) is 6.21. The molecule has 8 heteroatoms.